The van der Waals surface area contributed by atoms with Gasteiger partial charge in [-0.05, 0) is 92.3 Å². The number of rotatable bonds is 8. The molecule has 0 aliphatic carbocycles. The second kappa shape index (κ2) is 11.1. The van der Waals surface area contributed by atoms with Crippen LogP contribution >= 0.6 is 23.8 Å². The van der Waals surface area contributed by atoms with Crippen LogP contribution in [0, 0.1) is 19.7 Å². The van der Waals surface area contributed by atoms with E-state index in [0.29, 0.717) is 29.1 Å². The van der Waals surface area contributed by atoms with E-state index >= 15 is 0 Å². The van der Waals surface area contributed by atoms with Crippen molar-refractivity contribution >= 4 is 34.6 Å². The average molecular weight is 551 g/mol. The molecule has 1 aliphatic heterocycles. The van der Waals surface area contributed by atoms with Crippen LogP contribution in [0.25, 0.3) is 5.69 Å². The van der Waals surface area contributed by atoms with E-state index in [1.165, 1.54) is 12.1 Å². The maximum Gasteiger partial charge on any atom is 0.174 e. The molecule has 1 saturated heterocycles. The third-order valence-electron chi connectivity index (χ3n) is 6.71. The first-order chi connectivity index (χ1) is 18.4. The topological polar surface area (TPSA) is 51.6 Å². The summed E-state index contributed by atoms with van der Waals surface area (Å²) in [5, 5.41) is 4.55. The smallest absolute Gasteiger partial charge is 0.174 e. The molecule has 5 rings (SSSR count). The average Bonchev–Trinajstić information content (AvgIpc) is 3.41. The van der Waals surface area contributed by atoms with Crippen LogP contribution < -0.4 is 15.0 Å². The highest BCUT2D eigenvalue weighted by molar-refractivity contribution is 7.80. The molecule has 1 fully saturated rings. The summed E-state index contributed by atoms with van der Waals surface area (Å²) < 4.78 is 26.6. The minimum absolute atomic E-state index is 0.206. The lowest BCUT2D eigenvalue weighted by atomic mass is 9.96. The summed E-state index contributed by atoms with van der Waals surface area (Å²) >= 11 is 12.5. The highest BCUT2D eigenvalue weighted by Gasteiger charge is 2.42. The number of anilines is 1. The molecule has 196 valence electrons. The summed E-state index contributed by atoms with van der Waals surface area (Å²) in [6.45, 7) is 4.98. The van der Waals surface area contributed by atoms with Crippen LogP contribution in [-0.4, -0.2) is 35.0 Å². The molecule has 6 nitrogen and oxygen atoms in total. The molecule has 0 amide bonds. The van der Waals surface area contributed by atoms with Crippen LogP contribution in [0.3, 0.4) is 0 Å². The lowest BCUT2D eigenvalue weighted by Gasteiger charge is -2.28. The van der Waals surface area contributed by atoms with E-state index in [1.54, 1.807) is 25.4 Å². The van der Waals surface area contributed by atoms with Gasteiger partial charge in [0.25, 0.3) is 0 Å². The van der Waals surface area contributed by atoms with Gasteiger partial charge in [0, 0.05) is 36.1 Å². The van der Waals surface area contributed by atoms with E-state index < -0.39 is 0 Å². The van der Waals surface area contributed by atoms with Crippen molar-refractivity contribution in [3.63, 3.8) is 0 Å². The standard InChI is InChI=1S/C29H28ClFN4O2S/c1-18-16-23(19(2)34(18)21-9-7-20(31)8-10-21)28-27(25-6-4-5-13-32-25)33-29(38)35(28)22-11-12-26(24(30)17-22)37-15-14-36-3/h4-13,16-17,27-28H,14-15H2,1-3H3,(H,33,38)/t27-,28-/m1/s1. The predicted molar refractivity (Wildman–Crippen MR) is 152 cm³/mol. The Labute approximate surface area is 232 Å². The molecule has 1 aliphatic rings. The van der Waals surface area contributed by atoms with Crippen LogP contribution in [0.1, 0.15) is 34.7 Å². The van der Waals surface area contributed by atoms with Crippen molar-refractivity contribution in [3.05, 3.63) is 106 Å². The molecule has 38 heavy (non-hydrogen) atoms. The zero-order chi connectivity index (χ0) is 26.8. The number of nitrogens with zero attached hydrogens (tertiary/aromatic N) is 3. The number of ether oxygens (including phenoxy) is 2. The molecule has 9 heteroatoms. The predicted octanol–water partition coefficient (Wildman–Crippen LogP) is 6.48. The summed E-state index contributed by atoms with van der Waals surface area (Å²) in [7, 11) is 1.63. The minimum atomic E-state index is -0.269. The Kier molecular flexibility index (Phi) is 7.65. The van der Waals surface area contributed by atoms with Gasteiger partial charge in [-0.3, -0.25) is 4.98 Å². The molecule has 2 aromatic heterocycles. The van der Waals surface area contributed by atoms with Gasteiger partial charge >= 0.3 is 0 Å². The molecule has 0 bridgehead atoms. The van der Waals surface area contributed by atoms with Crippen molar-refractivity contribution in [1.29, 1.82) is 0 Å². The van der Waals surface area contributed by atoms with Gasteiger partial charge in [0.1, 0.15) is 18.2 Å². The number of methoxy groups -OCH3 is 1. The van der Waals surface area contributed by atoms with Gasteiger partial charge in [-0.25, -0.2) is 4.39 Å². The number of benzene rings is 2. The van der Waals surface area contributed by atoms with Gasteiger partial charge < -0.3 is 24.3 Å². The molecule has 1 N–H and O–H groups in total. The van der Waals surface area contributed by atoms with Crippen LogP contribution in [0.5, 0.6) is 5.75 Å². The Morgan fingerprint density at radius 1 is 1.03 bits per heavy atom. The van der Waals surface area contributed by atoms with E-state index in [2.05, 4.69) is 32.8 Å². The van der Waals surface area contributed by atoms with Gasteiger partial charge in [0.2, 0.25) is 0 Å². The molecule has 0 unspecified atom stereocenters. The summed E-state index contributed by atoms with van der Waals surface area (Å²) in [5.74, 6) is 0.313. The number of thiocarbonyl (C=S) groups is 1. The van der Waals surface area contributed by atoms with Crippen molar-refractivity contribution in [2.45, 2.75) is 25.9 Å². The molecular weight excluding hydrogens is 523 g/mol. The van der Waals surface area contributed by atoms with Crippen LogP contribution in [0.2, 0.25) is 5.02 Å². The van der Waals surface area contributed by atoms with Crippen molar-refractivity contribution in [2.75, 3.05) is 25.2 Å². The monoisotopic (exact) mass is 550 g/mol. The Bertz CT molecular complexity index is 1450. The Morgan fingerprint density at radius 2 is 1.79 bits per heavy atom. The fourth-order valence-corrected chi connectivity index (χ4v) is 5.59. The van der Waals surface area contributed by atoms with Gasteiger partial charge in [-0.15, -0.1) is 0 Å². The van der Waals surface area contributed by atoms with Crippen LogP contribution in [-0.2, 0) is 4.74 Å². The maximum atomic E-state index is 13.7. The van der Waals surface area contributed by atoms with Crippen molar-refractivity contribution < 1.29 is 13.9 Å². The number of aryl methyl sites for hydroxylation is 1. The molecule has 2 atom stereocenters. The van der Waals surface area contributed by atoms with E-state index in [0.717, 1.165) is 34.0 Å². The fraction of sp³-hybridized carbons (Fsp3) is 0.241. The lowest BCUT2D eigenvalue weighted by Crippen LogP contribution is -2.29. The maximum absolute atomic E-state index is 13.7. The van der Waals surface area contributed by atoms with Crippen molar-refractivity contribution in [1.82, 2.24) is 14.9 Å². The van der Waals surface area contributed by atoms with Gasteiger partial charge in [0.05, 0.1) is 29.4 Å². The fourth-order valence-electron chi connectivity index (χ4n) is 5.02. The molecule has 0 radical (unpaired) electrons. The first kappa shape index (κ1) is 26.2. The highest BCUT2D eigenvalue weighted by atomic mass is 35.5. The van der Waals surface area contributed by atoms with E-state index in [1.807, 2.05) is 43.3 Å². The summed E-state index contributed by atoms with van der Waals surface area (Å²) in [6.07, 6.45) is 1.78. The van der Waals surface area contributed by atoms with Gasteiger partial charge in [-0.2, -0.15) is 0 Å². The molecule has 3 heterocycles. The molecule has 4 aromatic rings. The van der Waals surface area contributed by atoms with E-state index in [9.17, 15) is 4.39 Å². The van der Waals surface area contributed by atoms with E-state index in [-0.39, 0.29) is 17.9 Å². The summed E-state index contributed by atoms with van der Waals surface area (Å²) in [5.41, 5.74) is 5.74. The minimum Gasteiger partial charge on any atom is -0.490 e. The first-order valence-corrected chi connectivity index (χ1v) is 13.0. The SMILES string of the molecule is COCCOc1ccc(N2C(=S)N[C@H](c3ccccn3)[C@H]2c2cc(C)n(-c3ccc(F)cc3)c2C)cc1Cl. The first-order valence-electron chi connectivity index (χ1n) is 12.3. The van der Waals surface area contributed by atoms with Gasteiger partial charge in [-0.1, -0.05) is 17.7 Å². The third kappa shape index (κ3) is 4.99. The number of aromatic nitrogens is 2. The largest absolute Gasteiger partial charge is 0.490 e. The zero-order valence-corrected chi connectivity index (χ0v) is 22.9. The van der Waals surface area contributed by atoms with Crippen LogP contribution in [0.4, 0.5) is 10.1 Å². The molecule has 2 aromatic carbocycles. The highest BCUT2D eigenvalue weighted by Crippen LogP contribution is 2.45. The number of halogens is 2. The molecular formula is C29H28ClFN4O2S. The Balaban J connectivity index is 1.60. The molecule has 0 saturated carbocycles. The number of pyridine rings is 1. The number of hydrogen-bond donors (Lipinski definition) is 1. The Morgan fingerprint density at radius 3 is 2.47 bits per heavy atom. The number of hydrogen-bond acceptors (Lipinski definition) is 4. The van der Waals surface area contributed by atoms with E-state index in [4.69, 9.17) is 33.3 Å². The summed E-state index contributed by atoms with van der Waals surface area (Å²) in [4.78, 5) is 6.72. The normalized spacial score (nSPS) is 17.1. The van der Waals surface area contributed by atoms with Gasteiger partial charge in [0.15, 0.2) is 5.11 Å². The summed E-state index contributed by atoms with van der Waals surface area (Å²) in [6, 6.07) is 19.8. The Hall–Kier alpha value is -3.46. The van der Waals surface area contributed by atoms with Crippen molar-refractivity contribution in [3.8, 4) is 11.4 Å². The number of nitrogens with one attached hydrogen (secondary N) is 1. The second-order valence-corrected chi connectivity index (χ2v) is 9.88. The third-order valence-corrected chi connectivity index (χ3v) is 7.32. The van der Waals surface area contributed by atoms with Crippen LogP contribution in [0.15, 0.2) is 72.9 Å². The lowest BCUT2D eigenvalue weighted by molar-refractivity contribution is 0.146. The van der Waals surface area contributed by atoms with Crippen molar-refractivity contribution in [2.24, 2.45) is 0 Å². The molecule has 0 spiro atoms. The quantitative estimate of drug-likeness (QED) is 0.200. The zero-order valence-electron chi connectivity index (χ0n) is 21.3. The second-order valence-electron chi connectivity index (χ2n) is 9.09.